The molecule has 1 aromatic carbocycles. The number of alkyl halides is 2. The number of aromatic nitrogens is 1. The first kappa shape index (κ1) is 75.6. The molecular weight excluding hydrogens is 1070 g/mol. The number of ether oxygens (including phenoxy) is 1. The predicted molar refractivity (Wildman–Crippen MR) is 306 cm³/mol. The number of halogens is 2. The molecular formula is C58H97CuF2N7O9S+. The third-order valence-corrected chi connectivity index (χ3v) is 12.9. The van der Waals surface area contributed by atoms with E-state index in [2.05, 4.69) is 90.2 Å². The van der Waals surface area contributed by atoms with Gasteiger partial charge in [0.05, 0.1) is 30.7 Å². The van der Waals surface area contributed by atoms with Crippen LogP contribution in [0.15, 0.2) is 42.6 Å². The molecule has 0 spiro atoms. The van der Waals surface area contributed by atoms with Crippen molar-refractivity contribution in [2.75, 3.05) is 77.0 Å². The summed E-state index contributed by atoms with van der Waals surface area (Å²) < 4.78 is 32.3. The number of carbonyl (C=O) groups excluding carboxylic acids is 7. The van der Waals surface area contributed by atoms with E-state index < -0.39 is 49.6 Å². The smallest absolute Gasteiger partial charge is 0.796 e. The van der Waals surface area contributed by atoms with Crippen LogP contribution in [0.3, 0.4) is 0 Å². The Bertz CT molecular complexity index is 2120. The molecule has 3 aliphatic heterocycles. The summed E-state index contributed by atoms with van der Waals surface area (Å²) >= 11 is 4.08. The number of fused-ring (bicyclic) bond motifs is 1. The maximum Gasteiger partial charge on any atom is 1.00 e. The third kappa shape index (κ3) is 29.1. The van der Waals surface area contributed by atoms with Gasteiger partial charge in [-0.25, -0.2) is 8.78 Å². The first-order valence-corrected chi connectivity index (χ1v) is 28.8. The normalized spacial score (nSPS) is 15.4. The van der Waals surface area contributed by atoms with Crippen molar-refractivity contribution in [2.45, 2.75) is 178 Å². The van der Waals surface area contributed by atoms with Crippen molar-refractivity contribution >= 4 is 70.5 Å². The number of Topliss-reactive ketones (excluding diaryl/α,β-unsaturated/α-hetero) is 1. The van der Waals surface area contributed by atoms with E-state index in [1.165, 1.54) is 64.1 Å². The van der Waals surface area contributed by atoms with Gasteiger partial charge in [0.25, 0.3) is 11.8 Å². The molecule has 448 valence electrons. The quantitative estimate of drug-likeness (QED) is 0.0205. The van der Waals surface area contributed by atoms with Crippen LogP contribution in [0.1, 0.15) is 176 Å². The topological polar surface area (TPSA) is 196 Å². The van der Waals surface area contributed by atoms with Crippen LogP contribution >= 0.6 is 0 Å². The monoisotopic (exact) mass is 1170 g/mol. The molecule has 0 bridgehead atoms. The van der Waals surface area contributed by atoms with E-state index in [0.29, 0.717) is 73.2 Å². The second-order valence-electron chi connectivity index (χ2n) is 20.3. The van der Waals surface area contributed by atoms with E-state index in [-0.39, 0.29) is 77.9 Å². The molecule has 0 saturated carbocycles. The van der Waals surface area contributed by atoms with Crippen LogP contribution in [0.4, 0.5) is 14.5 Å². The molecule has 3 fully saturated rings. The van der Waals surface area contributed by atoms with Crippen LogP contribution in [-0.2, 0) is 63.2 Å². The molecule has 0 radical (unpaired) electrons. The Morgan fingerprint density at radius 1 is 0.795 bits per heavy atom. The molecule has 1 aromatic heterocycles. The summed E-state index contributed by atoms with van der Waals surface area (Å²) in [5.74, 6) is -4.33. The first-order valence-electron chi connectivity index (χ1n) is 28.0. The second kappa shape index (κ2) is 41.5. The number of carbonyl (C=O) groups is 7. The number of aliphatic hydroxyl groups excluding tert-OH is 1. The van der Waals surface area contributed by atoms with Crippen molar-refractivity contribution in [3.8, 4) is 0 Å². The zero-order valence-corrected chi connectivity index (χ0v) is 51.0. The van der Waals surface area contributed by atoms with Crippen molar-refractivity contribution in [1.82, 2.24) is 25.0 Å². The first-order chi connectivity index (χ1) is 36.5. The molecule has 4 heterocycles. The number of esters is 1. The summed E-state index contributed by atoms with van der Waals surface area (Å²) in [7, 11) is 0. The number of ketones is 1. The Morgan fingerprint density at radius 3 is 1.85 bits per heavy atom. The van der Waals surface area contributed by atoms with Gasteiger partial charge in [-0.3, -0.25) is 43.0 Å². The summed E-state index contributed by atoms with van der Waals surface area (Å²) in [6.07, 6.45) is 13.0. The van der Waals surface area contributed by atoms with Gasteiger partial charge >= 0.3 is 29.5 Å². The van der Waals surface area contributed by atoms with Gasteiger partial charge in [-0.15, -0.1) is 0 Å². The molecule has 16 nitrogen and oxygen atoms in total. The molecule has 5 amide bonds. The van der Waals surface area contributed by atoms with Gasteiger partial charge in [0, 0.05) is 93.6 Å². The number of quaternary nitrogens is 1. The van der Waals surface area contributed by atoms with Crippen molar-refractivity contribution in [2.24, 2.45) is 11.8 Å². The van der Waals surface area contributed by atoms with E-state index in [4.69, 9.17) is 4.74 Å². The molecule has 2 atom stereocenters. The number of amides is 5. The number of nitrogens with one attached hydrogen (secondary N) is 2. The Balaban J connectivity index is 0. The Morgan fingerprint density at radius 2 is 1.37 bits per heavy atom. The van der Waals surface area contributed by atoms with Gasteiger partial charge in [-0.2, -0.15) is 6.26 Å². The van der Waals surface area contributed by atoms with Gasteiger partial charge in [0.2, 0.25) is 23.6 Å². The summed E-state index contributed by atoms with van der Waals surface area (Å²) in [5, 5.41) is 15.5. The molecule has 78 heavy (non-hydrogen) atoms. The number of likely N-dealkylation sites (tertiary alicyclic amines) is 2. The zero-order valence-electron chi connectivity index (χ0n) is 49.2. The molecule has 20 heteroatoms. The van der Waals surface area contributed by atoms with Crippen LogP contribution < -0.4 is 10.6 Å². The van der Waals surface area contributed by atoms with Crippen LogP contribution in [0.25, 0.3) is 10.9 Å². The fourth-order valence-electron chi connectivity index (χ4n) is 8.07. The minimum atomic E-state index is -2.93. The number of aliphatic hydroxyl groups is 1. The van der Waals surface area contributed by atoms with Crippen LogP contribution in [0, 0.1) is 11.8 Å². The van der Waals surface area contributed by atoms with Gasteiger partial charge in [0.15, 0.2) is 0 Å². The van der Waals surface area contributed by atoms with Crippen molar-refractivity contribution in [1.29, 1.82) is 0 Å². The molecule has 3 aliphatic rings. The fraction of sp³-hybridized carbons (Fsp3) is 0.690. The number of benzene rings is 1. The van der Waals surface area contributed by atoms with E-state index in [0.717, 1.165) is 29.4 Å². The summed E-state index contributed by atoms with van der Waals surface area (Å²) in [4.78, 5) is 94.1. The second-order valence-corrected chi connectivity index (χ2v) is 20.3. The van der Waals surface area contributed by atoms with Crippen LogP contribution in [-0.4, -0.2) is 155 Å². The minimum absolute atomic E-state index is 0. The van der Waals surface area contributed by atoms with Crippen LogP contribution in [0.5, 0.6) is 0 Å². The van der Waals surface area contributed by atoms with Crippen molar-refractivity contribution in [3.05, 3.63) is 48.2 Å². The minimum Gasteiger partial charge on any atom is -0.796 e. The molecule has 0 aliphatic carbocycles. The number of anilines is 1. The number of unbranched alkanes of at least 4 members (excludes halogenated alkanes) is 3. The maximum atomic E-state index is 13.4. The standard InChI is InChI=1S/C31H38F2N6O6.C11H20NO3.C8H18.C4H10.C3H8.CH4S.Cu/c1-20(21(2)40)3-7-27(42)37-13-15-38(16-14-37)28(43)8-6-26(41)36-22-4-5-25-24(17-22)23(9-11-34-25)30(45)35-18-29(44)39-12-10-31(32,33)19-39;1-4-6-12(7-9(3)8-12)11(14)15-10(13)5-2;1-4-5-6-7-8(2)3;1-3-4-2;1-3-2;1-2;/h4-5,9,11,17,20H,3,6-8,10,12-16,18-19H2,1-2H3,(H,35,45)(H,36,41);11,14H,3-8H2,1-2H3;8H,4-7H2,1-3H3;3-4H2,1-2H3;3H2,1-2H3;2H,1H3;/q;+1;;;;;+1/p-1/t;11-;;;;;/m.1...../s1. The Labute approximate surface area is 482 Å². The number of pyridine rings is 1. The molecule has 3 N–H and O–H groups in total. The summed E-state index contributed by atoms with van der Waals surface area (Å²) in [6.45, 7) is 29.0. The van der Waals surface area contributed by atoms with Gasteiger partial charge < -0.3 is 47.8 Å². The molecule has 2 aromatic rings. The predicted octanol–water partition coefficient (Wildman–Crippen LogP) is 9.85. The SMILES string of the molecule is C=C1C[N+](CCC)([C@H](O)OC(=O)CC)C1.CC(=O)C(C)CCC(=O)N1CCN(C(=O)CCC(=O)Nc2ccc3nccc(C(=O)NCC(=O)N4CCC(F)(F)C4)c3c2)CC1.CCC.CCCC.CCCCCC(C)C.C[S-].[Cu+]. The number of nitrogens with zero attached hydrogens (tertiary/aromatic N) is 5. The average Bonchev–Trinajstić information content (AvgIpc) is 3.78. The van der Waals surface area contributed by atoms with Gasteiger partial charge in [0.1, 0.15) is 18.9 Å². The van der Waals surface area contributed by atoms with E-state index >= 15 is 0 Å². The number of piperazine rings is 1. The van der Waals surface area contributed by atoms with Crippen molar-refractivity contribution < 1.29 is 73.7 Å². The number of rotatable bonds is 21. The van der Waals surface area contributed by atoms with Gasteiger partial charge in [-0.1, -0.05) is 121 Å². The van der Waals surface area contributed by atoms with E-state index in [1.54, 1.807) is 48.1 Å². The molecule has 3 saturated heterocycles. The average molecular weight is 1170 g/mol. The summed E-state index contributed by atoms with van der Waals surface area (Å²) in [6, 6.07) is 6.25. The van der Waals surface area contributed by atoms with Crippen molar-refractivity contribution in [3.63, 3.8) is 0 Å². The number of hydrogen-bond donors (Lipinski definition) is 3. The molecule has 5 rings (SSSR count). The van der Waals surface area contributed by atoms with Crippen LogP contribution in [0.2, 0.25) is 0 Å². The zero-order chi connectivity index (χ0) is 58.7. The van der Waals surface area contributed by atoms with E-state index in [9.17, 15) is 47.4 Å². The molecule has 1 unspecified atom stereocenters. The Kier molecular flexibility index (Phi) is 40.2. The van der Waals surface area contributed by atoms with E-state index in [1.807, 2.05) is 0 Å². The maximum absolute atomic E-state index is 13.4. The number of hydrogen-bond acceptors (Lipinski definition) is 11. The van der Waals surface area contributed by atoms with Gasteiger partial charge in [-0.05, 0) is 49.9 Å². The third-order valence-electron chi connectivity index (χ3n) is 12.9. The Hall–Kier alpha value is -4.49. The fourth-order valence-corrected chi connectivity index (χ4v) is 8.07. The summed E-state index contributed by atoms with van der Waals surface area (Å²) in [5.41, 5.74) is 2.14. The largest absolute Gasteiger partial charge is 1.00 e.